The summed E-state index contributed by atoms with van der Waals surface area (Å²) < 4.78 is 0. The molecule has 1 aliphatic rings. The predicted molar refractivity (Wildman–Crippen MR) is 75.4 cm³/mol. The minimum atomic E-state index is 0.123. The van der Waals surface area contributed by atoms with Crippen molar-refractivity contribution in [2.45, 2.75) is 64.1 Å². The molecule has 1 unspecified atom stereocenters. The molecule has 1 fully saturated rings. The zero-order chi connectivity index (χ0) is 13.0. The maximum atomic E-state index is 9.20. The van der Waals surface area contributed by atoms with Crippen LogP contribution in [0.25, 0.3) is 0 Å². The molecule has 1 saturated carbocycles. The van der Waals surface area contributed by atoms with Crippen LogP contribution in [-0.2, 0) is 6.61 Å². The van der Waals surface area contributed by atoms with E-state index >= 15 is 0 Å². The average Bonchev–Trinajstić information content (AvgIpc) is 2.39. The highest BCUT2D eigenvalue weighted by Gasteiger charge is 2.28. The lowest BCUT2D eigenvalue weighted by atomic mass is 9.82. The summed E-state index contributed by atoms with van der Waals surface area (Å²) in [4.78, 5) is 0. The van der Waals surface area contributed by atoms with Gasteiger partial charge in [0.2, 0.25) is 0 Å². The van der Waals surface area contributed by atoms with Crippen LogP contribution in [0.1, 0.15) is 63.1 Å². The predicted octanol–water partition coefficient (Wildman–Crippen LogP) is 3.55. The van der Waals surface area contributed by atoms with Crippen molar-refractivity contribution in [3.63, 3.8) is 0 Å². The lowest BCUT2D eigenvalue weighted by molar-refractivity contribution is 0.233. The van der Waals surface area contributed by atoms with E-state index in [9.17, 15) is 5.11 Å². The van der Waals surface area contributed by atoms with Crippen molar-refractivity contribution in [2.24, 2.45) is 0 Å². The Labute approximate surface area is 110 Å². The number of benzene rings is 1. The maximum Gasteiger partial charge on any atom is 0.0681 e. The van der Waals surface area contributed by atoms with Crippen molar-refractivity contribution in [3.8, 4) is 0 Å². The molecule has 1 aliphatic carbocycles. The van der Waals surface area contributed by atoms with Gasteiger partial charge in [-0.2, -0.15) is 0 Å². The van der Waals surface area contributed by atoms with Gasteiger partial charge < -0.3 is 10.4 Å². The molecule has 1 atom stereocenters. The Hall–Kier alpha value is -0.860. The van der Waals surface area contributed by atoms with Gasteiger partial charge in [-0.15, -0.1) is 0 Å². The highest BCUT2D eigenvalue weighted by molar-refractivity contribution is 5.25. The monoisotopic (exact) mass is 247 g/mol. The van der Waals surface area contributed by atoms with Crippen LogP contribution >= 0.6 is 0 Å². The molecule has 2 rings (SSSR count). The second-order valence-corrected chi connectivity index (χ2v) is 5.89. The van der Waals surface area contributed by atoms with Crippen molar-refractivity contribution >= 4 is 0 Å². The minimum Gasteiger partial charge on any atom is -0.392 e. The van der Waals surface area contributed by atoms with Gasteiger partial charge in [-0.3, -0.25) is 0 Å². The van der Waals surface area contributed by atoms with Crippen LogP contribution in [0.15, 0.2) is 24.3 Å². The molecule has 0 aromatic heterocycles. The smallest absolute Gasteiger partial charge is 0.0681 e. The van der Waals surface area contributed by atoms with Gasteiger partial charge in [0.25, 0.3) is 0 Å². The van der Waals surface area contributed by atoms with Crippen molar-refractivity contribution in [1.82, 2.24) is 5.32 Å². The molecular weight excluding hydrogens is 222 g/mol. The summed E-state index contributed by atoms with van der Waals surface area (Å²) in [6.07, 6.45) is 6.61. The molecule has 18 heavy (non-hydrogen) atoms. The Morgan fingerprint density at radius 1 is 1.28 bits per heavy atom. The fourth-order valence-electron chi connectivity index (χ4n) is 3.04. The van der Waals surface area contributed by atoms with Crippen LogP contribution in [0, 0.1) is 0 Å². The van der Waals surface area contributed by atoms with Gasteiger partial charge in [0, 0.05) is 11.6 Å². The van der Waals surface area contributed by atoms with E-state index in [0.717, 1.165) is 5.56 Å². The van der Waals surface area contributed by atoms with Gasteiger partial charge in [-0.25, -0.2) is 0 Å². The molecule has 0 radical (unpaired) electrons. The molecule has 2 nitrogen and oxygen atoms in total. The number of aliphatic hydroxyl groups excluding tert-OH is 1. The summed E-state index contributed by atoms with van der Waals surface area (Å²) >= 11 is 0. The van der Waals surface area contributed by atoms with Crippen molar-refractivity contribution in [3.05, 3.63) is 35.4 Å². The largest absolute Gasteiger partial charge is 0.392 e. The Balaban J connectivity index is 2.03. The van der Waals surface area contributed by atoms with E-state index < -0.39 is 0 Å². The molecule has 0 heterocycles. The quantitative estimate of drug-likeness (QED) is 0.852. The Morgan fingerprint density at radius 2 is 2.00 bits per heavy atom. The second-order valence-electron chi connectivity index (χ2n) is 5.89. The topological polar surface area (TPSA) is 32.3 Å². The van der Waals surface area contributed by atoms with E-state index in [1.165, 1.54) is 37.7 Å². The van der Waals surface area contributed by atoms with Crippen molar-refractivity contribution in [1.29, 1.82) is 0 Å². The molecule has 1 aromatic carbocycles. The van der Waals surface area contributed by atoms with E-state index in [-0.39, 0.29) is 12.1 Å². The Bertz CT molecular complexity index is 382. The molecule has 0 aliphatic heterocycles. The minimum absolute atomic E-state index is 0.123. The van der Waals surface area contributed by atoms with Gasteiger partial charge in [0.05, 0.1) is 6.61 Å². The third-order valence-electron chi connectivity index (χ3n) is 4.16. The van der Waals surface area contributed by atoms with E-state index in [0.29, 0.717) is 6.04 Å². The van der Waals surface area contributed by atoms with Gasteiger partial charge in [0.15, 0.2) is 0 Å². The summed E-state index contributed by atoms with van der Waals surface area (Å²) in [5.41, 5.74) is 2.55. The van der Waals surface area contributed by atoms with Gasteiger partial charge in [-0.05, 0) is 37.8 Å². The van der Waals surface area contributed by atoms with Gasteiger partial charge >= 0.3 is 0 Å². The highest BCUT2D eigenvalue weighted by Crippen LogP contribution is 2.30. The van der Waals surface area contributed by atoms with E-state index in [4.69, 9.17) is 0 Å². The molecule has 0 spiro atoms. The van der Waals surface area contributed by atoms with E-state index in [2.05, 4.69) is 31.3 Å². The van der Waals surface area contributed by atoms with E-state index in [1.807, 2.05) is 12.1 Å². The number of hydrogen-bond donors (Lipinski definition) is 2. The normalized spacial score (nSPS) is 20.6. The Kier molecular flexibility index (Phi) is 4.41. The number of hydrogen-bond acceptors (Lipinski definition) is 2. The molecule has 1 aromatic rings. The number of aliphatic hydroxyl groups is 1. The SMILES string of the molecule is CC(NC1(C)CCCCC1)c1cccc(CO)c1. The molecular formula is C16H25NO. The van der Waals surface area contributed by atoms with Crippen molar-refractivity contribution < 1.29 is 5.11 Å². The molecule has 2 N–H and O–H groups in total. The molecule has 0 saturated heterocycles. The standard InChI is InChI=1S/C16H25NO/c1-13(15-8-6-7-14(11-15)12-18)17-16(2)9-4-3-5-10-16/h6-8,11,13,17-18H,3-5,9-10,12H2,1-2H3. The van der Waals surface area contributed by atoms with Crippen LogP contribution in [0.5, 0.6) is 0 Å². The summed E-state index contributed by atoms with van der Waals surface area (Å²) in [7, 11) is 0. The first-order chi connectivity index (χ1) is 8.63. The third kappa shape index (κ3) is 3.33. The molecule has 0 amide bonds. The summed E-state index contributed by atoms with van der Waals surface area (Å²) in [5, 5.41) is 13.0. The lowest BCUT2D eigenvalue weighted by Crippen LogP contribution is -2.45. The fraction of sp³-hybridized carbons (Fsp3) is 0.625. The van der Waals surface area contributed by atoms with Gasteiger partial charge in [0.1, 0.15) is 0 Å². The molecule has 0 bridgehead atoms. The number of nitrogens with one attached hydrogen (secondary N) is 1. The van der Waals surface area contributed by atoms with Crippen LogP contribution < -0.4 is 5.32 Å². The molecule has 2 heteroatoms. The zero-order valence-corrected chi connectivity index (χ0v) is 11.6. The van der Waals surface area contributed by atoms with Crippen LogP contribution in [-0.4, -0.2) is 10.6 Å². The fourth-order valence-corrected chi connectivity index (χ4v) is 3.04. The first kappa shape index (κ1) is 13.6. The van der Waals surface area contributed by atoms with Crippen molar-refractivity contribution in [2.75, 3.05) is 0 Å². The van der Waals surface area contributed by atoms with Crippen LogP contribution in [0.4, 0.5) is 0 Å². The maximum absolute atomic E-state index is 9.20. The third-order valence-corrected chi connectivity index (χ3v) is 4.16. The summed E-state index contributed by atoms with van der Waals surface area (Å²) in [6.45, 7) is 4.69. The summed E-state index contributed by atoms with van der Waals surface area (Å²) in [5.74, 6) is 0. The second kappa shape index (κ2) is 5.85. The van der Waals surface area contributed by atoms with Crippen LogP contribution in [0.2, 0.25) is 0 Å². The zero-order valence-electron chi connectivity index (χ0n) is 11.6. The first-order valence-corrected chi connectivity index (χ1v) is 7.10. The van der Waals surface area contributed by atoms with Gasteiger partial charge in [-0.1, -0.05) is 43.5 Å². The lowest BCUT2D eigenvalue weighted by Gasteiger charge is -2.37. The number of rotatable bonds is 4. The summed E-state index contributed by atoms with van der Waals surface area (Å²) in [6, 6.07) is 8.59. The highest BCUT2D eigenvalue weighted by atomic mass is 16.3. The van der Waals surface area contributed by atoms with E-state index in [1.54, 1.807) is 0 Å². The van der Waals surface area contributed by atoms with Crippen LogP contribution in [0.3, 0.4) is 0 Å². The first-order valence-electron chi connectivity index (χ1n) is 7.10. The molecule has 100 valence electrons. The Morgan fingerprint density at radius 3 is 2.67 bits per heavy atom. The average molecular weight is 247 g/mol.